The monoisotopic (exact) mass is 274 g/mol. The highest BCUT2D eigenvalue weighted by Gasteiger charge is 2.45. The van der Waals surface area contributed by atoms with E-state index in [0.29, 0.717) is 5.57 Å². The Morgan fingerprint density at radius 3 is 2.30 bits per heavy atom. The Labute approximate surface area is 116 Å². The summed E-state index contributed by atoms with van der Waals surface area (Å²) in [4.78, 5) is 26.9. The standard InChI is InChI=1S/C14H16N3O3/c1-13(2)7-10(14(3,4)17(13)20)6-5-9-8-15-12(19)16-11(9)18/h7-8H,1-4H3,(H2,15,16,18,19). The average molecular weight is 274 g/mol. The molecule has 1 aliphatic heterocycles. The molecule has 6 heteroatoms. The van der Waals surface area contributed by atoms with Gasteiger partial charge in [-0.1, -0.05) is 11.8 Å². The van der Waals surface area contributed by atoms with Crippen molar-refractivity contribution in [2.24, 2.45) is 0 Å². The molecule has 0 saturated heterocycles. The Bertz CT molecular complexity index is 741. The Morgan fingerprint density at radius 2 is 1.80 bits per heavy atom. The SMILES string of the molecule is CC1(C)C=C(C#Cc2c[nH]c(=O)[nH]c2=O)C(C)(C)N1[O]. The topological polar surface area (TPSA) is 88.9 Å². The minimum atomic E-state index is -0.745. The summed E-state index contributed by atoms with van der Waals surface area (Å²) in [7, 11) is 0. The molecule has 1 aliphatic rings. The smallest absolute Gasteiger partial charge is 0.313 e. The number of nitrogens with one attached hydrogen (secondary N) is 2. The van der Waals surface area contributed by atoms with Gasteiger partial charge in [-0.2, -0.15) is 0 Å². The molecule has 20 heavy (non-hydrogen) atoms. The number of hydrogen-bond acceptors (Lipinski definition) is 3. The molecule has 1 aromatic rings. The third-order valence-corrected chi connectivity index (χ3v) is 3.34. The van der Waals surface area contributed by atoms with Crippen LogP contribution < -0.4 is 11.2 Å². The van der Waals surface area contributed by atoms with Gasteiger partial charge in [0.1, 0.15) is 5.56 Å². The summed E-state index contributed by atoms with van der Waals surface area (Å²) in [5, 5.41) is 13.2. The molecule has 0 aliphatic carbocycles. The first-order valence-corrected chi connectivity index (χ1v) is 6.19. The summed E-state index contributed by atoms with van der Waals surface area (Å²) in [5.74, 6) is 5.56. The molecular formula is C14H16N3O3. The lowest BCUT2D eigenvalue weighted by molar-refractivity contribution is -0.237. The van der Waals surface area contributed by atoms with E-state index in [1.807, 2.05) is 13.8 Å². The van der Waals surface area contributed by atoms with Gasteiger partial charge >= 0.3 is 5.69 Å². The van der Waals surface area contributed by atoms with Crippen LogP contribution in [0.2, 0.25) is 0 Å². The van der Waals surface area contributed by atoms with Gasteiger partial charge in [-0.15, -0.1) is 10.3 Å². The number of nitrogens with zero attached hydrogens (tertiary/aromatic N) is 1. The molecule has 105 valence electrons. The molecule has 1 aromatic heterocycles. The zero-order valence-corrected chi connectivity index (χ0v) is 11.8. The first-order chi connectivity index (χ1) is 9.14. The molecule has 0 spiro atoms. The van der Waals surface area contributed by atoms with Crippen LogP contribution >= 0.6 is 0 Å². The number of hydrogen-bond donors (Lipinski definition) is 2. The predicted molar refractivity (Wildman–Crippen MR) is 73.3 cm³/mol. The number of rotatable bonds is 0. The van der Waals surface area contributed by atoms with Gasteiger partial charge in [0.2, 0.25) is 0 Å². The number of aromatic amines is 2. The van der Waals surface area contributed by atoms with Gasteiger partial charge in [0.15, 0.2) is 0 Å². The quantitative estimate of drug-likeness (QED) is 0.677. The molecule has 2 rings (SSSR count). The van der Waals surface area contributed by atoms with Crippen LogP contribution in [0.3, 0.4) is 0 Å². The Kier molecular flexibility index (Phi) is 3.20. The fraction of sp³-hybridized carbons (Fsp3) is 0.429. The van der Waals surface area contributed by atoms with Crippen molar-refractivity contribution in [3.63, 3.8) is 0 Å². The van der Waals surface area contributed by atoms with E-state index in [2.05, 4.69) is 21.8 Å². The lowest BCUT2D eigenvalue weighted by atomic mass is 9.97. The molecule has 2 heterocycles. The van der Waals surface area contributed by atoms with Crippen molar-refractivity contribution in [2.45, 2.75) is 38.8 Å². The zero-order chi connectivity index (χ0) is 15.1. The molecule has 0 aromatic carbocycles. The predicted octanol–water partition coefficient (Wildman–Crippen LogP) is 0.559. The van der Waals surface area contributed by atoms with E-state index in [-0.39, 0.29) is 5.56 Å². The van der Waals surface area contributed by atoms with Gasteiger partial charge in [0.25, 0.3) is 5.56 Å². The molecule has 0 unspecified atom stereocenters. The summed E-state index contributed by atoms with van der Waals surface area (Å²) in [5.41, 5.74) is -1.69. The maximum atomic E-state index is 12.2. The zero-order valence-electron chi connectivity index (χ0n) is 11.8. The summed E-state index contributed by atoms with van der Waals surface area (Å²) in [6.45, 7) is 7.19. The van der Waals surface area contributed by atoms with Crippen molar-refractivity contribution in [1.29, 1.82) is 0 Å². The van der Waals surface area contributed by atoms with Gasteiger partial charge in [-0.05, 0) is 33.8 Å². The second kappa shape index (κ2) is 4.47. The van der Waals surface area contributed by atoms with Crippen LogP contribution in [0, 0.1) is 11.8 Å². The third-order valence-electron chi connectivity index (χ3n) is 3.34. The highest BCUT2D eigenvalue weighted by Crippen LogP contribution is 2.38. The molecule has 0 atom stereocenters. The first-order valence-electron chi connectivity index (χ1n) is 6.19. The minimum Gasteiger partial charge on any atom is -0.313 e. The summed E-state index contributed by atoms with van der Waals surface area (Å²) in [6, 6.07) is 0. The van der Waals surface area contributed by atoms with Crippen molar-refractivity contribution in [1.82, 2.24) is 15.0 Å². The van der Waals surface area contributed by atoms with E-state index in [1.54, 1.807) is 19.9 Å². The minimum absolute atomic E-state index is 0.156. The van der Waals surface area contributed by atoms with Crippen molar-refractivity contribution < 1.29 is 5.21 Å². The first kappa shape index (κ1) is 14.3. The highest BCUT2D eigenvalue weighted by molar-refractivity contribution is 5.47. The van der Waals surface area contributed by atoms with E-state index >= 15 is 0 Å². The maximum absolute atomic E-state index is 12.2. The van der Waals surface area contributed by atoms with E-state index < -0.39 is 22.3 Å². The van der Waals surface area contributed by atoms with Crippen molar-refractivity contribution in [3.8, 4) is 11.8 Å². The molecule has 0 fully saturated rings. The normalized spacial score (nSPS) is 20.1. The van der Waals surface area contributed by atoms with Crippen LogP contribution in [-0.4, -0.2) is 26.1 Å². The number of H-pyrrole nitrogens is 2. The summed E-state index contributed by atoms with van der Waals surface area (Å²) < 4.78 is 0. The Balaban J connectivity index is 2.43. The highest BCUT2D eigenvalue weighted by atomic mass is 16.5. The molecule has 0 amide bonds. The molecule has 0 saturated carbocycles. The van der Waals surface area contributed by atoms with Crippen molar-refractivity contribution >= 4 is 0 Å². The van der Waals surface area contributed by atoms with Crippen LogP contribution in [0.25, 0.3) is 0 Å². The van der Waals surface area contributed by atoms with Gasteiger partial charge < -0.3 is 4.98 Å². The fourth-order valence-electron chi connectivity index (χ4n) is 2.24. The largest absolute Gasteiger partial charge is 0.325 e. The second-order valence-electron chi connectivity index (χ2n) is 5.80. The third kappa shape index (κ3) is 2.33. The van der Waals surface area contributed by atoms with Crippen LogP contribution in [0.4, 0.5) is 0 Å². The van der Waals surface area contributed by atoms with Crippen molar-refractivity contribution in [2.75, 3.05) is 0 Å². The van der Waals surface area contributed by atoms with E-state index in [0.717, 1.165) is 5.06 Å². The van der Waals surface area contributed by atoms with Gasteiger partial charge in [0.05, 0.1) is 11.1 Å². The van der Waals surface area contributed by atoms with Crippen LogP contribution in [0.5, 0.6) is 0 Å². The van der Waals surface area contributed by atoms with Gasteiger partial charge in [-0.3, -0.25) is 9.78 Å². The number of aromatic nitrogens is 2. The lowest BCUT2D eigenvalue weighted by Gasteiger charge is -2.32. The van der Waals surface area contributed by atoms with E-state index in [9.17, 15) is 14.8 Å². The molecule has 1 radical (unpaired) electrons. The van der Waals surface area contributed by atoms with Crippen molar-refractivity contribution in [3.05, 3.63) is 44.2 Å². The van der Waals surface area contributed by atoms with Crippen LogP contribution in [0.15, 0.2) is 27.4 Å². The van der Waals surface area contributed by atoms with E-state index in [4.69, 9.17) is 0 Å². The summed E-state index contributed by atoms with van der Waals surface area (Å²) in [6.07, 6.45) is 3.06. The van der Waals surface area contributed by atoms with E-state index in [1.165, 1.54) is 6.20 Å². The van der Waals surface area contributed by atoms with Crippen LogP contribution in [0.1, 0.15) is 33.3 Å². The van der Waals surface area contributed by atoms with Gasteiger partial charge in [-0.25, -0.2) is 4.79 Å². The molecule has 6 nitrogen and oxygen atoms in total. The Hall–Kier alpha value is -2.10. The Morgan fingerprint density at radius 1 is 1.15 bits per heavy atom. The molecular weight excluding hydrogens is 258 g/mol. The maximum Gasteiger partial charge on any atom is 0.325 e. The average Bonchev–Trinajstić information content (AvgIpc) is 2.49. The van der Waals surface area contributed by atoms with Crippen LogP contribution in [-0.2, 0) is 5.21 Å². The second-order valence-corrected chi connectivity index (χ2v) is 5.80. The fourth-order valence-corrected chi connectivity index (χ4v) is 2.24. The molecule has 2 N–H and O–H groups in total. The molecule has 0 bridgehead atoms. The summed E-state index contributed by atoms with van der Waals surface area (Å²) >= 11 is 0. The van der Waals surface area contributed by atoms with Gasteiger partial charge in [0, 0.05) is 11.8 Å². The lowest BCUT2D eigenvalue weighted by Crippen LogP contribution is -2.46. The number of hydroxylamine groups is 2.